The third kappa shape index (κ3) is 9.02. The number of aliphatic hydroxyl groups excluding tert-OH is 6. The lowest BCUT2D eigenvalue weighted by Crippen LogP contribution is -2.49. The fourth-order valence-electron chi connectivity index (χ4n) is 2.42. The molecule has 0 aromatic heterocycles. The Labute approximate surface area is 133 Å². The van der Waals surface area contributed by atoms with E-state index in [2.05, 4.69) is 6.92 Å². The Balaban J connectivity index is 3.79. The molecular formula is C16H34O6. The van der Waals surface area contributed by atoms with Gasteiger partial charge >= 0.3 is 0 Å². The van der Waals surface area contributed by atoms with Gasteiger partial charge in [-0.1, -0.05) is 58.3 Å². The van der Waals surface area contributed by atoms with Crippen molar-refractivity contribution in [3.63, 3.8) is 0 Å². The van der Waals surface area contributed by atoms with Crippen molar-refractivity contribution in [1.29, 1.82) is 0 Å². The number of unbranched alkanes of at least 4 members (excludes halogenated alkanes) is 7. The molecule has 0 saturated heterocycles. The zero-order chi connectivity index (χ0) is 17.0. The summed E-state index contributed by atoms with van der Waals surface area (Å²) in [5, 5.41) is 56.6. The normalized spacial score (nSPS) is 18.7. The second-order valence-electron chi connectivity index (χ2n) is 6.05. The molecule has 22 heavy (non-hydrogen) atoms. The van der Waals surface area contributed by atoms with Crippen LogP contribution in [0.5, 0.6) is 0 Å². The highest BCUT2D eigenvalue weighted by Crippen LogP contribution is 2.15. The summed E-state index contributed by atoms with van der Waals surface area (Å²) < 4.78 is 0. The zero-order valence-corrected chi connectivity index (χ0v) is 13.6. The first-order valence-corrected chi connectivity index (χ1v) is 8.46. The van der Waals surface area contributed by atoms with Crippen LogP contribution in [-0.2, 0) is 0 Å². The molecular weight excluding hydrogens is 288 g/mol. The molecule has 0 aliphatic rings. The Morgan fingerprint density at radius 3 is 1.55 bits per heavy atom. The smallest absolute Gasteiger partial charge is 0.111 e. The molecule has 0 aromatic rings. The van der Waals surface area contributed by atoms with Crippen LogP contribution in [0.2, 0.25) is 0 Å². The third-order valence-corrected chi connectivity index (χ3v) is 4.03. The molecule has 6 N–H and O–H groups in total. The molecule has 1 unspecified atom stereocenters. The van der Waals surface area contributed by atoms with Gasteiger partial charge in [0.2, 0.25) is 0 Å². The fraction of sp³-hybridized carbons (Fsp3) is 1.00. The molecule has 0 fully saturated rings. The number of hydrogen-bond donors (Lipinski definition) is 6. The monoisotopic (exact) mass is 322 g/mol. The first-order valence-electron chi connectivity index (χ1n) is 8.46. The minimum atomic E-state index is -1.69. The van der Waals surface area contributed by atoms with Gasteiger partial charge < -0.3 is 30.6 Å². The van der Waals surface area contributed by atoms with Crippen LogP contribution in [0.25, 0.3) is 0 Å². The standard InChI is InChI=1S/C16H34O6/c1-2-3-4-5-6-7-8-9-10-12(18)14(20)16(22)15(21)13(19)11-17/h12-22H,2-11H2,1H3/t12?,13-,14-,15-,16-/m1/s1. The second kappa shape index (κ2) is 13.2. The average molecular weight is 322 g/mol. The first kappa shape index (κ1) is 21.8. The highest BCUT2D eigenvalue weighted by atomic mass is 16.4. The van der Waals surface area contributed by atoms with Crippen LogP contribution in [0.1, 0.15) is 64.7 Å². The van der Waals surface area contributed by atoms with Crippen LogP contribution in [0.3, 0.4) is 0 Å². The van der Waals surface area contributed by atoms with Crippen molar-refractivity contribution >= 4 is 0 Å². The fourth-order valence-corrected chi connectivity index (χ4v) is 2.42. The lowest BCUT2D eigenvalue weighted by molar-refractivity contribution is -0.141. The van der Waals surface area contributed by atoms with Crippen molar-refractivity contribution in [2.24, 2.45) is 0 Å². The summed E-state index contributed by atoms with van der Waals surface area (Å²) in [6, 6.07) is 0. The maximum absolute atomic E-state index is 9.80. The Morgan fingerprint density at radius 2 is 1.05 bits per heavy atom. The van der Waals surface area contributed by atoms with E-state index in [0.29, 0.717) is 6.42 Å². The molecule has 0 rings (SSSR count). The molecule has 134 valence electrons. The number of rotatable bonds is 14. The predicted octanol–water partition coefficient (Wildman–Crippen LogP) is 0.314. The summed E-state index contributed by atoms with van der Waals surface area (Å²) in [5.74, 6) is 0. The minimum Gasteiger partial charge on any atom is -0.394 e. The predicted molar refractivity (Wildman–Crippen MR) is 84.3 cm³/mol. The van der Waals surface area contributed by atoms with Crippen molar-refractivity contribution in [1.82, 2.24) is 0 Å². The van der Waals surface area contributed by atoms with Gasteiger partial charge in [-0.15, -0.1) is 0 Å². The van der Waals surface area contributed by atoms with E-state index in [1.165, 1.54) is 32.1 Å². The van der Waals surface area contributed by atoms with Gasteiger partial charge in [0.1, 0.15) is 24.4 Å². The summed E-state index contributed by atoms with van der Waals surface area (Å²) in [6.07, 6.45) is 1.63. The lowest BCUT2D eigenvalue weighted by Gasteiger charge is -2.28. The average Bonchev–Trinajstić information content (AvgIpc) is 2.54. The molecule has 0 bridgehead atoms. The van der Waals surface area contributed by atoms with Crippen LogP contribution in [-0.4, -0.2) is 67.8 Å². The van der Waals surface area contributed by atoms with Crippen molar-refractivity contribution in [2.45, 2.75) is 95.2 Å². The highest BCUT2D eigenvalue weighted by molar-refractivity contribution is 4.84. The van der Waals surface area contributed by atoms with Crippen LogP contribution in [0.4, 0.5) is 0 Å². The van der Waals surface area contributed by atoms with Crippen molar-refractivity contribution < 1.29 is 30.6 Å². The van der Waals surface area contributed by atoms with Crippen LogP contribution in [0, 0.1) is 0 Å². The molecule has 0 heterocycles. The summed E-state index contributed by atoms with van der Waals surface area (Å²) in [6.45, 7) is 1.46. The van der Waals surface area contributed by atoms with E-state index in [4.69, 9.17) is 5.11 Å². The quantitative estimate of drug-likeness (QED) is 0.256. The van der Waals surface area contributed by atoms with Gasteiger partial charge in [0, 0.05) is 0 Å². The van der Waals surface area contributed by atoms with E-state index >= 15 is 0 Å². The van der Waals surface area contributed by atoms with E-state index in [1.807, 2.05) is 0 Å². The summed E-state index contributed by atoms with van der Waals surface area (Å²) >= 11 is 0. The SMILES string of the molecule is CCCCCCCCCCC(O)[C@@H](O)[C@@H](O)[C@H](O)[C@H](O)CO. The van der Waals surface area contributed by atoms with Gasteiger partial charge in [-0.05, 0) is 6.42 Å². The van der Waals surface area contributed by atoms with Gasteiger partial charge in [0.15, 0.2) is 0 Å². The van der Waals surface area contributed by atoms with Gasteiger partial charge in [0.25, 0.3) is 0 Å². The Hall–Kier alpha value is -0.240. The van der Waals surface area contributed by atoms with E-state index in [-0.39, 0.29) is 0 Å². The maximum Gasteiger partial charge on any atom is 0.111 e. The number of aliphatic hydroxyl groups is 6. The van der Waals surface area contributed by atoms with Crippen LogP contribution < -0.4 is 0 Å². The van der Waals surface area contributed by atoms with E-state index in [9.17, 15) is 25.5 Å². The summed E-state index contributed by atoms with van der Waals surface area (Å²) in [5.41, 5.74) is 0. The molecule has 0 amide bonds. The van der Waals surface area contributed by atoms with E-state index < -0.39 is 37.1 Å². The molecule has 0 aliphatic heterocycles. The van der Waals surface area contributed by atoms with Gasteiger partial charge in [-0.3, -0.25) is 0 Å². The molecule has 0 radical (unpaired) electrons. The summed E-state index contributed by atoms with van der Waals surface area (Å²) in [7, 11) is 0. The van der Waals surface area contributed by atoms with Crippen molar-refractivity contribution in [3.8, 4) is 0 Å². The van der Waals surface area contributed by atoms with E-state index in [0.717, 1.165) is 19.3 Å². The second-order valence-corrected chi connectivity index (χ2v) is 6.05. The molecule has 0 aromatic carbocycles. The molecule has 0 spiro atoms. The zero-order valence-electron chi connectivity index (χ0n) is 13.6. The minimum absolute atomic E-state index is 0.328. The molecule has 5 atom stereocenters. The third-order valence-electron chi connectivity index (χ3n) is 4.03. The number of hydrogen-bond acceptors (Lipinski definition) is 6. The van der Waals surface area contributed by atoms with Crippen molar-refractivity contribution in [2.75, 3.05) is 6.61 Å². The van der Waals surface area contributed by atoms with Crippen LogP contribution >= 0.6 is 0 Å². The largest absolute Gasteiger partial charge is 0.394 e. The summed E-state index contributed by atoms with van der Waals surface area (Å²) in [4.78, 5) is 0. The lowest BCUT2D eigenvalue weighted by atomic mass is 9.96. The molecule has 0 aliphatic carbocycles. The maximum atomic E-state index is 9.80. The molecule has 0 saturated carbocycles. The van der Waals surface area contributed by atoms with Crippen LogP contribution in [0.15, 0.2) is 0 Å². The van der Waals surface area contributed by atoms with Gasteiger partial charge in [-0.2, -0.15) is 0 Å². The first-order chi connectivity index (χ1) is 10.5. The Bertz CT molecular complexity index is 251. The molecule has 6 nitrogen and oxygen atoms in total. The van der Waals surface area contributed by atoms with Gasteiger partial charge in [-0.25, -0.2) is 0 Å². The van der Waals surface area contributed by atoms with Crippen molar-refractivity contribution in [3.05, 3.63) is 0 Å². The Morgan fingerprint density at radius 1 is 0.591 bits per heavy atom. The van der Waals surface area contributed by atoms with E-state index in [1.54, 1.807) is 0 Å². The molecule has 6 heteroatoms. The highest BCUT2D eigenvalue weighted by Gasteiger charge is 2.33. The Kier molecular flexibility index (Phi) is 13.1. The van der Waals surface area contributed by atoms with Gasteiger partial charge in [0.05, 0.1) is 12.7 Å². The topological polar surface area (TPSA) is 121 Å².